The number of halogens is 1. The monoisotopic (exact) mass is 393 g/mol. The molecule has 0 radical (unpaired) electrons. The van der Waals surface area contributed by atoms with Gasteiger partial charge in [-0.2, -0.15) is 0 Å². The van der Waals surface area contributed by atoms with Gasteiger partial charge in [-0.05, 0) is 43.4 Å². The van der Waals surface area contributed by atoms with E-state index in [1.165, 1.54) is 64.1 Å². The molecule has 1 aliphatic carbocycles. The van der Waals surface area contributed by atoms with Crippen molar-refractivity contribution in [3.8, 4) is 0 Å². The number of piperidine rings is 1. The zero-order valence-corrected chi connectivity index (χ0v) is 16.3. The van der Waals surface area contributed by atoms with Crippen LogP contribution in [0.5, 0.6) is 0 Å². The summed E-state index contributed by atoms with van der Waals surface area (Å²) in [7, 11) is 0. The van der Waals surface area contributed by atoms with Crippen LogP contribution in [0, 0.1) is 11.3 Å². The number of hydrogen-bond acceptors (Lipinski definition) is 6. The lowest BCUT2D eigenvalue weighted by atomic mass is 9.71. The molecule has 3 heterocycles. The number of anilines is 1. The van der Waals surface area contributed by atoms with Crippen molar-refractivity contribution < 1.29 is 10.0 Å². The van der Waals surface area contributed by atoms with Crippen molar-refractivity contribution in [2.45, 2.75) is 32.1 Å². The Balaban J connectivity index is 0.00000210. The van der Waals surface area contributed by atoms with Gasteiger partial charge in [0.25, 0.3) is 5.91 Å². The quantitative estimate of drug-likeness (QED) is 0.464. The summed E-state index contributed by atoms with van der Waals surface area (Å²) >= 11 is 0. The SMILES string of the molecule is Cl.O=C(NO)c1cnc(N2CCC3(CC2)CN(CC2CC=CCC2)C3)nc1. The molecule has 0 bridgehead atoms. The van der Waals surface area contributed by atoms with Gasteiger partial charge >= 0.3 is 0 Å². The minimum atomic E-state index is -0.586. The van der Waals surface area contributed by atoms with Crippen LogP contribution in [-0.4, -0.2) is 58.7 Å². The van der Waals surface area contributed by atoms with E-state index in [2.05, 4.69) is 31.9 Å². The standard InChI is InChI=1S/C19H27N5O2.ClH/c25-17(22-26)16-10-20-18(21-11-16)24-8-6-19(7-9-24)13-23(14-19)12-15-4-2-1-3-5-15;/h1-2,10-11,15,26H,3-9,12-14H2,(H,22,25);1H. The lowest BCUT2D eigenvalue weighted by molar-refractivity contribution is -0.0282. The summed E-state index contributed by atoms with van der Waals surface area (Å²) in [6.45, 7) is 5.65. The van der Waals surface area contributed by atoms with E-state index in [1.54, 1.807) is 5.48 Å². The van der Waals surface area contributed by atoms with Crippen molar-refractivity contribution in [2.24, 2.45) is 11.3 Å². The van der Waals surface area contributed by atoms with Gasteiger partial charge in [0.2, 0.25) is 5.95 Å². The molecule has 27 heavy (non-hydrogen) atoms. The van der Waals surface area contributed by atoms with E-state index in [0.29, 0.717) is 11.4 Å². The molecule has 1 aromatic rings. The van der Waals surface area contributed by atoms with Crippen LogP contribution in [0.3, 0.4) is 0 Å². The first kappa shape index (κ1) is 20.0. The van der Waals surface area contributed by atoms with Crippen molar-refractivity contribution in [1.82, 2.24) is 20.3 Å². The molecule has 2 fully saturated rings. The van der Waals surface area contributed by atoms with Gasteiger partial charge in [0, 0.05) is 45.1 Å². The Labute approximate surface area is 166 Å². The number of aromatic nitrogens is 2. The second-order valence-corrected chi connectivity index (χ2v) is 8.02. The molecule has 1 unspecified atom stereocenters. The highest BCUT2D eigenvalue weighted by molar-refractivity contribution is 5.92. The van der Waals surface area contributed by atoms with Crippen LogP contribution in [0.1, 0.15) is 42.5 Å². The lowest BCUT2D eigenvalue weighted by Gasteiger charge is -2.55. The molecule has 2 saturated heterocycles. The number of carbonyl (C=O) groups is 1. The molecular formula is C19H28ClN5O2. The predicted octanol–water partition coefficient (Wildman–Crippen LogP) is 2.28. The van der Waals surface area contributed by atoms with Gasteiger partial charge in [-0.25, -0.2) is 15.4 Å². The Morgan fingerprint density at radius 2 is 1.93 bits per heavy atom. The maximum absolute atomic E-state index is 11.3. The van der Waals surface area contributed by atoms with Gasteiger partial charge in [-0.3, -0.25) is 10.0 Å². The van der Waals surface area contributed by atoms with Crippen LogP contribution in [0.25, 0.3) is 0 Å². The zero-order valence-electron chi connectivity index (χ0n) is 15.5. The highest BCUT2D eigenvalue weighted by atomic mass is 35.5. The summed E-state index contributed by atoms with van der Waals surface area (Å²) in [5, 5.41) is 8.65. The average Bonchev–Trinajstić information content (AvgIpc) is 2.68. The number of hydrogen-bond donors (Lipinski definition) is 2. The molecule has 0 saturated carbocycles. The molecule has 2 aliphatic heterocycles. The van der Waals surface area contributed by atoms with Gasteiger partial charge in [0.1, 0.15) is 0 Å². The Hall–Kier alpha value is -1.70. The fourth-order valence-corrected chi connectivity index (χ4v) is 4.58. The number of hydroxylamine groups is 1. The number of likely N-dealkylation sites (tertiary alicyclic amines) is 1. The van der Waals surface area contributed by atoms with Gasteiger partial charge in [0.05, 0.1) is 5.56 Å². The first-order valence-corrected chi connectivity index (χ1v) is 9.56. The molecule has 0 aromatic carbocycles. The highest BCUT2D eigenvalue weighted by Gasteiger charge is 2.45. The predicted molar refractivity (Wildman–Crippen MR) is 105 cm³/mol. The summed E-state index contributed by atoms with van der Waals surface area (Å²) in [5.41, 5.74) is 2.34. The lowest BCUT2D eigenvalue weighted by Crippen LogP contribution is -2.61. The normalized spacial score (nSPS) is 24.2. The van der Waals surface area contributed by atoms with Gasteiger partial charge in [0.15, 0.2) is 0 Å². The van der Waals surface area contributed by atoms with Crippen LogP contribution in [0.15, 0.2) is 24.5 Å². The third-order valence-corrected chi connectivity index (χ3v) is 6.12. The first-order valence-electron chi connectivity index (χ1n) is 9.56. The zero-order chi connectivity index (χ0) is 18.0. The third-order valence-electron chi connectivity index (χ3n) is 6.12. The smallest absolute Gasteiger partial charge is 0.277 e. The Morgan fingerprint density at radius 1 is 1.22 bits per heavy atom. The van der Waals surface area contributed by atoms with E-state index < -0.39 is 5.91 Å². The Bertz CT molecular complexity index is 665. The molecule has 148 valence electrons. The largest absolute Gasteiger partial charge is 0.341 e. The van der Waals surface area contributed by atoms with E-state index >= 15 is 0 Å². The molecule has 1 amide bonds. The van der Waals surface area contributed by atoms with Gasteiger partial charge in [-0.1, -0.05) is 12.2 Å². The minimum Gasteiger partial charge on any atom is -0.341 e. The summed E-state index contributed by atoms with van der Waals surface area (Å²) in [6, 6.07) is 0. The van der Waals surface area contributed by atoms with Crippen LogP contribution >= 0.6 is 12.4 Å². The second kappa shape index (κ2) is 8.54. The fraction of sp³-hybridized carbons (Fsp3) is 0.632. The summed E-state index contributed by atoms with van der Waals surface area (Å²) in [5.74, 6) is 0.928. The molecule has 8 heteroatoms. The summed E-state index contributed by atoms with van der Waals surface area (Å²) in [4.78, 5) is 24.7. The van der Waals surface area contributed by atoms with Crippen LogP contribution in [0.2, 0.25) is 0 Å². The molecule has 3 aliphatic rings. The minimum absolute atomic E-state index is 0. The molecule has 1 atom stereocenters. The summed E-state index contributed by atoms with van der Waals surface area (Å²) in [6.07, 6.45) is 13.8. The summed E-state index contributed by atoms with van der Waals surface area (Å²) < 4.78 is 0. The van der Waals surface area contributed by atoms with Crippen molar-refractivity contribution in [3.05, 3.63) is 30.1 Å². The van der Waals surface area contributed by atoms with Crippen LogP contribution in [0.4, 0.5) is 5.95 Å². The number of allylic oxidation sites excluding steroid dienone is 2. The molecular weight excluding hydrogens is 366 g/mol. The Kier molecular flexibility index (Phi) is 6.34. The number of carbonyl (C=O) groups excluding carboxylic acids is 1. The molecule has 1 spiro atoms. The maximum atomic E-state index is 11.3. The van der Waals surface area contributed by atoms with Gasteiger partial charge < -0.3 is 9.80 Å². The van der Waals surface area contributed by atoms with E-state index in [9.17, 15) is 4.79 Å². The van der Waals surface area contributed by atoms with Crippen molar-refractivity contribution in [3.63, 3.8) is 0 Å². The molecule has 1 aromatic heterocycles. The number of nitrogens with one attached hydrogen (secondary N) is 1. The molecule has 4 rings (SSSR count). The van der Waals surface area contributed by atoms with E-state index in [1.807, 2.05) is 0 Å². The van der Waals surface area contributed by atoms with E-state index in [-0.39, 0.29) is 18.0 Å². The molecule has 2 N–H and O–H groups in total. The third kappa shape index (κ3) is 4.42. The number of nitrogens with zero attached hydrogens (tertiary/aromatic N) is 4. The van der Waals surface area contributed by atoms with E-state index in [0.717, 1.165) is 19.0 Å². The van der Waals surface area contributed by atoms with Crippen LogP contribution < -0.4 is 10.4 Å². The van der Waals surface area contributed by atoms with Crippen molar-refractivity contribution in [1.29, 1.82) is 0 Å². The Morgan fingerprint density at radius 3 is 2.52 bits per heavy atom. The topological polar surface area (TPSA) is 81.6 Å². The average molecular weight is 394 g/mol. The number of rotatable bonds is 4. The van der Waals surface area contributed by atoms with Crippen molar-refractivity contribution in [2.75, 3.05) is 37.6 Å². The van der Waals surface area contributed by atoms with E-state index in [4.69, 9.17) is 5.21 Å². The molecule has 7 nitrogen and oxygen atoms in total. The number of amides is 1. The fourth-order valence-electron chi connectivity index (χ4n) is 4.58. The second-order valence-electron chi connectivity index (χ2n) is 8.02. The highest BCUT2D eigenvalue weighted by Crippen LogP contribution is 2.41. The van der Waals surface area contributed by atoms with Crippen molar-refractivity contribution >= 4 is 24.3 Å². The maximum Gasteiger partial charge on any atom is 0.277 e. The van der Waals surface area contributed by atoms with Gasteiger partial charge in [-0.15, -0.1) is 12.4 Å². The van der Waals surface area contributed by atoms with Crippen LogP contribution in [-0.2, 0) is 0 Å². The first-order chi connectivity index (χ1) is 12.7.